The third-order valence-electron chi connectivity index (χ3n) is 4.20. The van der Waals surface area contributed by atoms with Crippen LogP contribution in [0.3, 0.4) is 0 Å². The normalized spacial score (nSPS) is 25.5. The first-order chi connectivity index (χ1) is 8.66. The monoisotopic (exact) mass is 250 g/mol. The minimum atomic E-state index is 0.710. The first kappa shape index (κ1) is 13.6. The number of rotatable bonds is 5. The molecule has 0 saturated carbocycles. The predicted molar refractivity (Wildman–Crippen MR) is 74.8 cm³/mol. The Hall–Kier alpha value is -0.870. The highest BCUT2D eigenvalue weighted by atomic mass is 15.1. The van der Waals surface area contributed by atoms with Gasteiger partial charge in [-0.2, -0.15) is 5.10 Å². The number of nitrogens with zero attached hydrogens (tertiary/aromatic N) is 2. The van der Waals surface area contributed by atoms with Crippen molar-refractivity contribution in [2.75, 3.05) is 20.1 Å². The second kappa shape index (κ2) is 6.34. The Bertz CT molecular complexity index is 360. The van der Waals surface area contributed by atoms with Gasteiger partial charge in [-0.3, -0.25) is 5.10 Å². The lowest BCUT2D eigenvalue weighted by atomic mass is 9.99. The lowest BCUT2D eigenvalue weighted by molar-refractivity contribution is 0.168. The molecule has 1 aliphatic heterocycles. The molecule has 1 fully saturated rings. The van der Waals surface area contributed by atoms with Crippen LogP contribution in [-0.2, 0) is 6.42 Å². The Morgan fingerprint density at radius 2 is 2.39 bits per heavy atom. The molecule has 0 spiro atoms. The summed E-state index contributed by atoms with van der Waals surface area (Å²) < 4.78 is 0. The van der Waals surface area contributed by atoms with Crippen LogP contribution in [0, 0.1) is 6.92 Å². The average Bonchev–Trinajstić information content (AvgIpc) is 2.75. The van der Waals surface area contributed by atoms with Crippen molar-refractivity contribution in [2.45, 2.75) is 51.6 Å². The van der Waals surface area contributed by atoms with Crippen molar-refractivity contribution >= 4 is 0 Å². The van der Waals surface area contributed by atoms with E-state index in [0.717, 1.165) is 13.0 Å². The van der Waals surface area contributed by atoms with Gasteiger partial charge < -0.3 is 10.2 Å². The zero-order chi connectivity index (χ0) is 13.0. The number of piperidine rings is 1. The molecule has 0 bridgehead atoms. The molecule has 0 amide bonds. The molecular formula is C14H26N4. The second-order valence-electron chi connectivity index (χ2n) is 5.63. The van der Waals surface area contributed by atoms with E-state index in [1.807, 2.05) is 6.20 Å². The minimum absolute atomic E-state index is 0.710. The highest BCUT2D eigenvalue weighted by Gasteiger charge is 2.21. The number of aromatic amines is 1. The summed E-state index contributed by atoms with van der Waals surface area (Å²) in [7, 11) is 2.22. The average molecular weight is 250 g/mol. The van der Waals surface area contributed by atoms with Gasteiger partial charge >= 0.3 is 0 Å². The van der Waals surface area contributed by atoms with Gasteiger partial charge in [0.15, 0.2) is 0 Å². The van der Waals surface area contributed by atoms with E-state index in [9.17, 15) is 0 Å². The van der Waals surface area contributed by atoms with Gasteiger partial charge in [-0.25, -0.2) is 0 Å². The van der Waals surface area contributed by atoms with Crippen LogP contribution in [0.2, 0.25) is 0 Å². The van der Waals surface area contributed by atoms with Crippen molar-refractivity contribution in [3.8, 4) is 0 Å². The first-order valence-corrected chi connectivity index (χ1v) is 7.09. The van der Waals surface area contributed by atoms with E-state index in [-0.39, 0.29) is 0 Å². The molecule has 1 saturated heterocycles. The summed E-state index contributed by atoms with van der Waals surface area (Å²) in [6.07, 6.45) is 6.83. The summed E-state index contributed by atoms with van der Waals surface area (Å²) in [4.78, 5) is 2.45. The SMILES string of the molecule is Cc1[nH]ncc1CCCNC1CCN(C)C(C)C1. The number of likely N-dealkylation sites (tertiary alicyclic amines) is 1. The summed E-state index contributed by atoms with van der Waals surface area (Å²) in [5.74, 6) is 0. The van der Waals surface area contributed by atoms with E-state index in [1.165, 1.54) is 37.1 Å². The van der Waals surface area contributed by atoms with Crippen LogP contribution in [-0.4, -0.2) is 47.3 Å². The van der Waals surface area contributed by atoms with Crippen molar-refractivity contribution in [2.24, 2.45) is 0 Å². The van der Waals surface area contributed by atoms with Crippen LogP contribution in [0.5, 0.6) is 0 Å². The Morgan fingerprint density at radius 3 is 3.06 bits per heavy atom. The molecule has 1 aromatic heterocycles. The number of nitrogens with one attached hydrogen (secondary N) is 2. The molecule has 18 heavy (non-hydrogen) atoms. The molecule has 2 N–H and O–H groups in total. The third kappa shape index (κ3) is 3.56. The van der Waals surface area contributed by atoms with Gasteiger partial charge in [-0.05, 0) is 65.2 Å². The van der Waals surface area contributed by atoms with Gasteiger partial charge in [0.25, 0.3) is 0 Å². The molecule has 4 heteroatoms. The van der Waals surface area contributed by atoms with Crippen molar-refractivity contribution < 1.29 is 0 Å². The molecule has 2 unspecified atom stereocenters. The van der Waals surface area contributed by atoms with Crippen LogP contribution in [0.25, 0.3) is 0 Å². The summed E-state index contributed by atoms with van der Waals surface area (Å²) in [5.41, 5.74) is 2.57. The molecule has 0 radical (unpaired) electrons. The maximum absolute atomic E-state index is 4.06. The summed E-state index contributed by atoms with van der Waals surface area (Å²) in [5, 5.41) is 10.7. The smallest absolute Gasteiger partial charge is 0.0522 e. The third-order valence-corrected chi connectivity index (χ3v) is 4.20. The fourth-order valence-electron chi connectivity index (χ4n) is 2.69. The highest BCUT2D eigenvalue weighted by molar-refractivity contribution is 5.14. The molecule has 2 heterocycles. The van der Waals surface area contributed by atoms with Gasteiger partial charge in [-0.15, -0.1) is 0 Å². The van der Waals surface area contributed by atoms with E-state index >= 15 is 0 Å². The van der Waals surface area contributed by atoms with Crippen LogP contribution in [0.4, 0.5) is 0 Å². The molecule has 102 valence electrons. The largest absolute Gasteiger partial charge is 0.314 e. The van der Waals surface area contributed by atoms with Crippen molar-refractivity contribution in [1.82, 2.24) is 20.4 Å². The first-order valence-electron chi connectivity index (χ1n) is 7.09. The van der Waals surface area contributed by atoms with Crippen molar-refractivity contribution in [1.29, 1.82) is 0 Å². The predicted octanol–water partition coefficient (Wildman–Crippen LogP) is 1.72. The molecule has 0 aromatic carbocycles. The van der Waals surface area contributed by atoms with Gasteiger partial charge in [0.05, 0.1) is 6.20 Å². The minimum Gasteiger partial charge on any atom is -0.314 e. The number of aryl methyl sites for hydroxylation is 2. The Balaban J connectivity index is 1.63. The van der Waals surface area contributed by atoms with Crippen molar-refractivity contribution in [3.63, 3.8) is 0 Å². The quantitative estimate of drug-likeness (QED) is 0.782. The summed E-state index contributed by atoms with van der Waals surface area (Å²) in [6, 6.07) is 1.43. The summed E-state index contributed by atoms with van der Waals surface area (Å²) >= 11 is 0. The Labute approximate surface area is 110 Å². The zero-order valence-corrected chi connectivity index (χ0v) is 11.9. The summed E-state index contributed by atoms with van der Waals surface area (Å²) in [6.45, 7) is 6.75. The molecule has 4 nitrogen and oxygen atoms in total. The molecule has 2 atom stereocenters. The molecule has 1 aliphatic rings. The maximum Gasteiger partial charge on any atom is 0.0522 e. The van der Waals surface area contributed by atoms with E-state index in [0.29, 0.717) is 12.1 Å². The number of hydrogen-bond acceptors (Lipinski definition) is 3. The molecule has 2 rings (SSSR count). The Morgan fingerprint density at radius 1 is 1.56 bits per heavy atom. The lowest BCUT2D eigenvalue weighted by Crippen LogP contribution is -2.45. The van der Waals surface area contributed by atoms with Crippen molar-refractivity contribution in [3.05, 3.63) is 17.5 Å². The van der Waals surface area contributed by atoms with E-state index < -0.39 is 0 Å². The van der Waals surface area contributed by atoms with Gasteiger partial charge in [-0.1, -0.05) is 0 Å². The fourth-order valence-corrected chi connectivity index (χ4v) is 2.69. The molecular weight excluding hydrogens is 224 g/mol. The van der Waals surface area contributed by atoms with Gasteiger partial charge in [0.1, 0.15) is 0 Å². The number of aromatic nitrogens is 2. The molecule has 0 aliphatic carbocycles. The zero-order valence-electron chi connectivity index (χ0n) is 11.9. The highest BCUT2D eigenvalue weighted by Crippen LogP contribution is 2.15. The Kier molecular flexibility index (Phi) is 4.78. The topological polar surface area (TPSA) is 44.0 Å². The number of H-pyrrole nitrogens is 1. The number of hydrogen-bond donors (Lipinski definition) is 2. The van der Waals surface area contributed by atoms with Crippen LogP contribution >= 0.6 is 0 Å². The van der Waals surface area contributed by atoms with Gasteiger partial charge in [0, 0.05) is 17.8 Å². The van der Waals surface area contributed by atoms with Crippen LogP contribution in [0.1, 0.15) is 37.4 Å². The van der Waals surface area contributed by atoms with E-state index in [2.05, 4.69) is 41.3 Å². The maximum atomic E-state index is 4.06. The standard InChI is InChI=1S/C14H26N4/c1-11-9-14(6-8-18(11)3)15-7-4-5-13-10-16-17-12(13)2/h10-11,14-15H,4-9H2,1-3H3,(H,16,17). The van der Waals surface area contributed by atoms with E-state index in [4.69, 9.17) is 0 Å². The lowest BCUT2D eigenvalue weighted by Gasteiger charge is -2.35. The van der Waals surface area contributed by atoms with Crippen LogP contribution in [0.15, 0.2) is 6.20 Å². The second-order valence-corrected chi connectivity index (χ2v) is 5.63. The van der Waals surface area contributed by atoms with Gasteiger partial charge in [0.2, 0.25) is 0 Å². The molecule has 1 aromatic rings. The van der Waals surface area contributed by atoms with Crippen LogP contribution < -0.4 is 5.32 Å². The van der Waals surface area contributed by atoms with E-state index in [1.54, 1.807) is 0 Å². The fraction of sp³-hybridized carbons (Fsp3) is 0.786.